The Hall–Kier alpha value is -0.290. The first-order valence-corrected chi connectivity index (χ1v) is 7.83. The van der Waals surface area contributed by atoms with E-state index in [1.54, 1.807) is 0 Å². The van der Waals surface area contributed by atoms with E-state index in [2.05, 4.69) is 18.7 Å². The van der Waals surface area contributed by atoms with E-state index in [1.165, 1.54) is 0 Å². The van der Waals surface area contributed by atoms with Crippen LogP contribution < -0.4 is 5.73 Å². The second-order valence-corrected chi connectivity index (χ2v) is 6.38. The molecule has 1 fully saturated rings. The monoisotopic (exact) mass is 294 g/mol. The second kappa shape index (κ2) is 8.23. The van der Waals surface area contributed by atoms with Crippen LogP contribution in [0, 0.1) is 17.8 Å². The minimum absolute atomic E-state index is 0.264. The van der Waals surface area contributed by atoms with Gasteiger partial charge < -0.3 is 10.6 Å². The number of nitrogens with zero attached hydrogens (tertiary/aromatic N) is 1. The lowest BCUT2D eigenvalue weighted by Crippen LogP contribution is -2.39. The second-order valence-electron chi connectivity index (χ2n) is 6.38. The molecule has 0 aromatic carbocycles. The highest BCUT2D eigenvalue weighted by molar-refractivity contribution is 4.77. The molecule has 0 saturated carbocycles. The molecule has 120 valence electrons. The Labute approximate surface area is 120 Å². The fourth-order valence-corrected chi connectivity index (χ4v) is 3.09. The molecule has 0 spiro atoms. The van der Waals surface area contributed by atoms with E-state index in [9.17, 15) is 13.2 Å². The molecule has 2 N–H and O–H groups in total. The number of alkyl halides is 3. The predicted octanol–water partition coefficient (Wildman–Crippen LogP) is 3.66. The Bertz CT molecular complexity index is 258. The van der Waals surface area contributed by atoms with Gasteiger partial charge in [0.1, 0.15) is 0 Å². The van der Waals surface area contributed by atoms with Gasteiger partial charge in [-0.1, -0.05) is 13.8 Å². The smallest absolute Gasteiger partial charge is 0.330 e. The summed E-state index contributed by atoms with van der Waals surface area (Å²) in [6.45, 7) is 7.27. The third-order valence-corrected chi connectivity index (χ3v) is 4.58. The van der Waals surface area contributed by atoms with Crippen LogP contribution in [0.1, 0.15) is 46.0 Å². The number of rotatable bonds is 7. The number of hydrogen-bond donors (Lipinski definition) is 1. The van der Waals surface area contributed by atoms with Crippen molar-refractivity contribution < 1.29 is 13.2 Å². The molecule has 1 unspecified atom stereocenters. The zero-order valence-electron chi connectivity index (χ0n) is 12.8. The lowest BCUT2D eigenvalue weighted by atomic mass is 9.88. The van der Waals surface area contributed by atoms with E-state index in [-0.39, 0.29) is 12.8 Å². The summed E-state index contributed by atoms with van der Waals surface area (Å²) in [5, 5.41) is 0. The molecule has 1 heterocycles. The normalized spacial score (nSPS) is 20.6. The molecule has 0 radical (unpaired) electrons. The Kier molecular flexibility index (Phi) is 7.30. The number of piperidine rings is 1. The summed E-state index contributed by atoms with van der Waals surface area (Å²) in [7, 11) is 0. The minimum Gasteiger partial charge on any atom is -0.330 e. The van der Waals surface area contributed by atoms with E-state index >= 15 is 0 Å². The summed E-state index contributed by atoms with van der Waals surface area (Å²) in [6, 6.07) is 0. The maximum absolute atomic E-state index is 12.6. The van der Waals surface area contributed by atoms with Crippen LogP contribution in [-0.2, 0) is 0 Å². The molecule has 0 aliphatic carbocycles. The van der Waals surface area contributed by atoms with Gasteiger partial charge in [-0.15, -0.1) is 0 Å². The average Bonchev–Trinajstić information content (AvgIpc) is 2.37. The molecule has 0 bridgehead atoms. The standard InChI is InChI=1S/C15H29F3N2/c1-12(2)13(5-8-19)4-3-9-20-10-6-14(7-11-20)15(16,17)18/h12-14H,3-11,19H2,1-2H3. The van der Waals surface area contributed by atoms with Crippen molar-refractivity contribution in [1.82, 2.24) is 4.90 Å². The van der Waals surface area contributed by atoms with Crippen LogP contribution in [0.4, 0.5) is 13.2 Å². The summed E-state index contributed by atoms with van der Waals surface area (Å²) in [5.74, 6) is 0.196. The summed E-state index contributed by atoms with van der Waals surface area (Å²) in [5.41, 5.74) is 5.62. The fraction of sp³-hybridized carbons (Fsp3) is 1.00. The molecule has 0 aromatic rings. The van der Waals surface area contributed by atoms with Gasteiger partial charge in [0.25, 0.3) is 0 Å². The van der Waals surface area contributed by atoms with Crippen LogP contribution in [0.5, 0.6) is 0 Å². The highest BCUT2D eigenvalue weighted by atomic mass is 19.4. The minimum atomic E-state index is -4.00. The molecule has 1 atom stereocenters. The van der Waals surface area contributed by atoms with Crippen molar-refractivity contribution >= 4 is 0 Å². The van der Waals surface area contributed by atoms with Crippen molar-refractivity contribution in [1.29, 1.82) is 0 Å². The van der Waals surface area contributed by atoms with Gasteiger partial charge in [0.05, 0.1) is 5.92 Å². The third-order valence-electron chi connectivity index (χ3n) is 4.58. The van der Waals surface area contributed by atoms with E-state index in [0.29, 0.717) is 24.9 Å². The van der Waals surface area contributed by atoms with Crippen molar-refractivity contribution in [3.05, 3.63) is 0 Å². The maximum Gasteiger partial charge on any atom is 0.391 e. The van der Waals surface area contributed by atoms with Gasteiger partial charge in [0.2, 0.25) is 0 Å². The SMILES string of the molecule is CC(C)C(CCN)CCCN1CCC(C(F)(F)F)CC1. The van der Waals surface area contributed by atoms with Gasteiger partial charge in [-0.2, -0.15) is 13.2 Å². The largest absolute Gasteiger partial charge is 0.391 e. The Morgan fingerprint density at radius 2 is 1.75 bits per heavy atom. The van der Waals surface area contributed by atoms with Crippen LogP contribution in [0.2, 0.25) is 0 Å². The third kappa shape index (κ3) is 6.00. The van der Waals surface area contributed by atoms with Gasteiger partial charge in [-0.3, -0.25) is 0 Å². The van der Waals surface area contributed by atoms with Crippen molar-refractivity contribution in [2.75, 3.05) is 26.2 Å². The molecule has 1 aliphatic heterocycles. The van der Waals surface area contributed by atoms with E-state index in [4.69, 9.17) is 5.73 Å². The van der Waals surface area contributed by atoms with E-state index in [1.807, 2.05) is 0 Å². The maximum atomic E-state index is 12.6. The van der Waals surface area contributed by atoms with Crippen molar-refractivity contribution in [2.24, 2.45) is 23.5 Å². The molecule has 5 heteroatoms. The van der Waals surface area contributed by atoms with E-state index in [0.717, 1.165) is 32.4 Å². The first-order valence-electron chi connectivity index (χ1n) is 7.83. The summed E-state index contributed by atoms with van der Waals surface area (Å²) in [4.78, 5) is 2.18. The Morgan fingerprint density at radius 1 is 1.15 bits per heavy atom. The molecule has 1 aliphatic rings. The molecule has 2 nitrogen and oxygen atoms in total. The van der Waals surface area contributed by atoms with Crippen molar-refractivity contribution in [2.45, 2.75) is 52.1 Å². The van der Waals surface area contributed by atoms with Crippen LogP contribution in [0.25, 0.3) is 0 Å². The van der Waals surface area contributed by atoms with Crippen LogP contribution in [0.15, 0.2) is 0 Å². The lowest BCUT2D eigenvalue weighted by molar-refractivity contribution is -0.185. The van der Waals surface area contributed by atoms with Crippen LogP contribution >= 0.6 is 0 Å². The Morgan fingerprint density at radius 3 is 2.20 bits per heavy atom. The van der Waals surface area contributed by atoms with Crippen LogP contribution in [-0.4, -0.2) is 37.3 Å². The molecular formula is C15H29F3N2. The number of nitrogens with two attached hydrogens (primary N) is 1. The highest BCUT2D eigenvalue weighted by Crippen LogP contribution is 2.34. The zero-order valence-corrected chi connectivity index (χ0v) is 12.8. The van der Waals surface area contributed by atoms with Crippen molar-refractivity contribution in [3.8, 4) is 0 Å². The Balaban J connectivity index is 2.21. The van der Waals surface area contributed by atoms with Crippen LogP contribution in [0.3, 0.4) is 0 Å². The van der Waals surface area contributed by atoms with Gasteiger partial charge in [-0.05, 0) is 70.1 Å². The lowest BCUT2D eigenvalue weighted by Gasteiger charge is -2.33. The van der Waals surface area contributed by atoms with Gasteiger partial charge in [0.15, 0.2) is 0 Å². The number of hydrogen-bond acceptors (Lipinski definition) is 2. The summed E-state index contributed by atoms with van der Waals surface area (Å²) >= 11 is 0. The first-order chi connectivity index (χ1) is 9.34. The summed E-state index contributed by atoms with van der Waals surface area (Å²) in [6.07, 6.45) is -0.225. The molecule has 20 heavy (non-hydrogen) atoms. The fourth-order valence-electron chi connectivity index (χ4n) is 3.09. The zero-order chi connectivity index (χ0) is 15.2. The van der Waals surface area contributed by atoms with E-state index < -0.39 is 12.1 Å². The topological polar surface area (TPSA) is 29.3 Å². The molecule has 1 rings (SSSR count). The number of likely N-dealkylation sites (tertiary alicyclic amines) is 1. The highest BCUT2D eigenvalue weighted by Gasteiger charge is 2.40. The van der Waals surface area contributed by atoms with Gasteiger partial charge in [-0.25, -0.2) is 0 Å². The first kappa shape index (κ1) is 17.8. The molecule has 0 aromatic heterocycles. The van der Waals surface area contributed by atoms with Gasteiger partial charge in [0, 0.05) is 0 Å². The molecular weight excluding hydrogens is 265 g/mol. The average molecular weight is 294 g/mol. The van der Waals surface area contributed by atoms with Gasteiger partial charge >= 0.3 is 6.18 Å². The van der Waals surface area contributed by atoms with Crippen molar-refractivity contribution in [3.63, 3.8) is 0 Å². The predicted molar refractivity (Wildman–Crippen MR) is 76.5 cm³/mol. The molecule has 0 amide bonds. The number of halogens is 3. The molecule has 1 saturated heterocycles. The summed E-state index contributed by atoms with van der Waals surface area (Å²) < 4.78 is 37.7. The quantitative estimate of drug-likeness (QED) is 0.776.